The number of hydrogen-bond acceptors (Lipinski definition) is 3. The van der Waals surface area contributed by atoms with Gasteiger partial charge in [-0.1, -0.05) is 0 Å². The van der Waals surface area contributed by atoms with E-state index in [-0.39, 0.29) is 41.2 Å². The first-order valence-corrected chi connectivity index (χ1v) is 7.51. The lowest BCUT2D eigenvalue weighted by Gasteiger charge is -2.23. The Kier molecular flexibility index (Phi) is 12.9. The molecular weight excluding hydrogens is 375 g/mol. The van der Waals surface area contributed by atoms with Gasteiger partial charge in [0.25, 0.3) is 0 Å². The largest absolute Gasteiger partial charge is 0.357 e. The zero-order valence-electron chi connectivity index (χ0n) is 12.5. The molecule has 0 aromatic rings. The number of guanidine groups is 1. The summed E-state index contributed by atoms with van der Waals surface area (Å²) in [6.45, 7) is 10.6. The van der Waals surface area contributed by atoms with Crippen LogP contribution in [0, 0.1) is 0 Å². The molecule has 0 radical (unpaired) electrons. The van der Waals surface area contributed by atoms with Crippen molar-refractivity contribution in [3.05, 3.63) is 0 Å². The maximum absolute atomic E-state index is 11.3. The first-order valence-electron chi connectivity index (χ1n) is 6.29. The molecular formula is C12H27IN4OS. The van der Waals surface area contributed by atoms with Crippen molar-refractivity contribution in [3.63, 3.8) is 0 Å². The minimum atomic E-state index is -0.0566. The van der Waals surface area contributed by atoms with Crippen LogP contribution in [0.1, 0.15) is 27.7 Å². The summed E-state index contributed by atoms with van der Waals surface area (Å²) in [6.07, 6.45) is 2.08. The molecule has 1 amide bonds. The summed E-state index contributed by atoms with van der Waals surface area (Å²) in [6, 6.07) is 0. The number of thioether (sulfide) groups is 1. The van der Waals surface area contributed by atoms with Gasteiger partial charge in [0.2, 0.25) is 5.91 Å². The van der Waals surface area contributed by atoms with Crippen LogP contribution in [0.25, 0.3) is 0 Å². The third-order valence-electron chi connectivity index (χ3n) is 2.33. The molecule has 0 fully saturated rings. The highest BCUT2D eigenvalue weighted by Gasteiger charge is 2.16. The highest BCUT2D eigenvalue weighted by Crippen LogP contribution is 2.19. The molecule has 0 unspecified atom stereocenters. The van der Waals surface area contributed by atoms with Crippen molar-refractivity contribution in [1.82, 2.24) is 16.0 Å². The highest BCUT2D eigenvalue weighted by atomic mass is 127. The predicted octanol–water partition coefficient (Wildman–Crippen LogP) is 1.44. The monoisotopic (exact) mass is 402 g/mol. The van der Waals surface area contributed by atoms with Gasteiger partial charge in [-0.15, -0.1) is 24.0 Å². The molecule has 5 nitrogen and oxygen atoms in total. The smallest absolute Gasteiger partial charge is 0.241 e. The second-order valence-electron chi connectivity index (χ2n) is 4.47. The molecule has 0 aliphatic heterocycles. The normalized spacial score (nSPS) is 11.5. The van der Waals surface area contributed by atoms with Crippen molar-refractivity contribution >= 4 is 47.6 Å². The van der Waals surface area contributed by atoms with Crippen LogP contribution in [0.3, 0.4) is 0 Å². The van der Waals surface area contributed by atoms with Crippen LogP contribution in [-0.2, 0) is 4.79 Å². The zero-order valence-corrected chi connectivity index (χ0v) is 15.6. The van der Waals surface area contributed by atoms with Crippen molar-refractivity contribution in [3.8, 4) is 0 Å². The number of carbonyl (C=O) groups is 1. The number of likely N-dealkylation sites (N-methyl/N-ethyl adjacent to an activating group) is 1. The van der Waals surface area contributed by atoms with Crippen LogP contribution in [0.4, 0.5) is 0 Å². The molecule has 0 bridgehead atoms. The molecule has 0 rings (SSSR count). The van der Waals surface area contributed by atoms with Crippen LogP contribution in [-0.4, -0.2) is 49.0 Å². The van der Waals surface area contributed by atoms with Gasteiger partial charge in [-0.05, 0) is 34.0 Å². The Labute approximate surface area is 138 Å². The Hall–Kier alpha value is -0.180. The van der Waals surface area contributed by atoms with Gasteiger partial charge in [0, 0.05) is 24.4 Å². The Morgan fingerprint density at radius 1 is 1.16 bits per heavy atom. The number of halogens is 1. The number of nitrogens with one attached hydrogen (secondary N) is 3. The SMILES string of the molecule is CCNC(=O)CN=C(NCC)NCC(C)(C)SC.I. The summed E-state index contributed by atoms with van der Waals surface area (Å²) in [5, 5.41) is 9.09. The molecule has 114 valence electrons. The Morgan fingerprint density at radius 3 is 2.21 bits per heavy atom. The van der Waals surface area contributed by atoms with Gasteiger partial charge >= 0.3 is 0 Å². The van der Waals surface area contributed by atoms with E-state index in [0.717, 1.165) is 13.1 Å². The van der Waals surface area contributed by atoms with E-state index in [1.165, 1.54) is 0 Å². The zero-order chi connectivity index (χ0) is 14.0. The van der Waals surface area contributed by atoms with Gasteiger partial charge < -0.3 is 16.0 Å². The maximum Gasteiger partial charge on any atom is 0.241 e. The van der Waals surface area contributed by atoms with Gasteiger partial charge in [0.1, 0.15) is 6.54 Å². The Morgan fingerprint density at radius 2 is 1.74 bits per heavy atom. The molecule has 0 heterocycles. The summed E-state index contributed by atoms with van der Waals surface area (Å²) in [5.74, 6) is 0.629. The molecule has 3 N–H and O–H groups in total. The topological polar surface area (TPSA) is 65.5 Å². The van der Waals surface area contributed by atoms with Crippen LogP contribution in [0.15, 0.2) is 4.99 Å². The second kappa shape index (κ2) is 11.6. The molecule has 0 saturated carbocycles. The number of nitrogens with zero attached hydrogens (tertiary/aromatic N) is 1. The van der Waals surface area contributed by atoms with Crippen molar-refractivity contribution in [2.75, 3.05) is 32.4 Å². The fourth-order valence-electron chi connectivity index (χ4n) is 1.11. The van der Waals surface area contributed by atoms with Crippen LogP contribution in [0.2, 0.25) is 0 Å². The fourth-order valence-corrected chi connectivity index (χ4v) is 1.33. The van der Waals surface area contributed by atoms with E-state index in [2.05, 4.69) is 41.0 Å². The molecule has 0 aromatic carbocycles. The van der Waals surface area contributed by atoms with Gasteiger partial charge in [-0.3, -0.25) is 4.79 Å². The molecule has 0 saturated heterocycles. The van der Waals surface area contributed by atoms with Crippen LogP contribution < -0.4 is 16.0 Å². The van der Waals surface area contributed by atoms with E-state index in [4.69, 9.17) is 0 Å². The minimum Gasteiger partial charge on any atom is -0.357 e. The molecule has 7 heteroatoms. The summed E-state index contributed by atoms with van der Waals surface area (Å²) in [5.41, 5.74) is 0. The third kappa shape index (κ3) is 11.4. The number of aliphatic imine (C=N–C) groups is 1. The van der Waals surface area contributed by atoms with Crippen molar-refractivity contribution in [2.24, 2.45) is 4.99 Å². The third-order valence-corrected chi connectivity index (χ3v) is 3.58. The van der Waals surface area contributed by atoms with Crippen molar-refractivity contribution < 1.29 is 4.79 Å². The first-order chi connectivity index (χ1) is 8.45. The van der Waals surface area contributed by atoms with E-state index in [0.29, 0.717) is 12.5 Å². The maximum atomic E-state index is 11.3. The lowest BCUT2D eigenvalue weighted by Crippen LogP contribution is -2.43. The van der Waals surface area contributed by atoms with E-state index in [9.17, 15) is 4.79 Å². The molecule has 0 spiro atoms. The Balaban J connectivity index is 0. The molecule has 0 aromatic heterocycles. The van der Waals surface area contributed by atoms with E-state index < -0.39 is 0 Å². The van der Waals surface area contributed by atoms with Gasteiger partial charge in [-0.2, -0.15) is 11.8 Å². The van der Waals surface area contributed by atoms with Gasteiger partial charge in [0.15, 0.2) is 5.96 Å². The quantitative estimate of drug-likeness (QED) is 0.343. The van der Waals surface area contributed by atoms with Crippen molar-refractivity contribution in [1.29, 1.82) is 0 Å². The number of rotatable bonds is 7. The number of amides is 1. The number of hydrogen-bond donors (Lipinski definition) is 3. The number of carbonyl (C=O) groups excluding carboxylic acids is 1. The molecule has 19 heavy (non-hydrogen) atoms. The standard InChI is InChI=1S/C12H26N4OS.HI/c1-6-13-10(17)8-15-11(14-7-2)16-9-12(3,4)18-5;/h6-9H2,1-5H3,(H,13,17)(H2,14,15,16);1H. The summed E-state index contributed by atoms with van der Waals surface area (Å²) in [7, 11) is 0. The predicted molar refractivity (Wildman–Crippen MR) is 95.7 cm³/mol. The van der Waals surface area contributed by atoms with E-state index in [1.54, 1.807) is 11.8 Å². The minimum absolute atomic E-state index is 0. The van der Waals surface area contributed by atoms with E-state index in [1.807, 2.05) is 13.8 Å². The summed E-state index contributed by atoms with van der Waals surface area (Å²) < 4.78 is 0.141. The van der Waals surface area contributed by atoms with Crippen LogP contribution >= 0.6 is 35.7 Å². The van der Waals surface area contributed by atoms with E-state index >= 15 is 0 Å². The Bertz CT molecular complexity index is 285. The molecule has 0 aliphatic carbocycles. The fraction of sp³-hybridized carbons (Fsp3) is 0.833. The average Bonchev–Trinajstić information content (AvgIpc) is 2.33. The second-order valence-corrected chi connectivity index (χ2v) is 5.98. The lowest BCUT2D eigenvalue weighted by atomic mass is 10.2. The van der Waals surface area contributed by atoms with Crippen molar-refractivity contribution in [2.45, 2.75) is 32.4 Å². The van der Waals surface area contributed by atoms with Crippen LogP contribution in [0.5, 0.6) is 0 Å². The molecule has 0 atom stereocenters. The first kappa shape index (κ1) is 21.1. The highest BCUT2D eigenvalue weighted by molar-refractivity contribution is 14.0. The summed E-state index contributed by atoms with van der Waals surface area (Å²) >= 11 is 1.80. The lowest BCUT2D eigenvalue weighted by molar-refractivity contribution is -0.119. The molecule has 0 aliphatic rings. The average molecular weight is 402 g/mol. The van der Waals surface area contributed by atoms with Gasteiger partial charge in [-0.25, -0.2) is 4.99 Å². The van der Waals surface area contributed by atoms with Gasteiger partial charge in [0.05, 0.1) is 0 Å². The summed E-state index contributed by atoms with van der Waals surface area (Å²) in [4.78, 5) is 15.6.